The van der Waals surface area contributed by atoms with Crippen molar-refractivity contribution in [3.63, 3.8) is 0 Å². The standard InChI is InChI=1S/C15H17NO2/c1-12-3-4-13(2)16(12)9-10-18-15-7-5-14(11-17)6-8-15/h3-8,11H,9-10H2,1-2H3. The summed E-state index contributed by atoms with van der Waals surface area (Å²) in [5.74, 6) is 0.795. The third-order valence-electron chi connectivity index (χ3n) is 3.02. The van der Waals surface area contributed by atoms with Gasteiger partial charge in [-0.25, -0.2) is 0 Å². The molecule has 3 nitrogen and oxygen atoms in total. The molecule has 0 aliphatic heterocycles. The molecule has 3 heteroatoms. The van der Waals surface area contributed by atoms with E-state index in [4.69, 9.17) is 4.74 Å². The number of aromatic nitrogens is 1. The summed E-state index contributed by atoms with van der Waals surface area (Å²) in [5, 5.41) is 0. The molecule has 0 amide bonds. The van der Waals surface area contributed by atoms with Crippen molar-refractivity contribution in [1.29, 1.82) is 0 Å². The van der Waals surface area contributed by atoms with Crippen LogP contribution in [0.1, 0.15) is 21.7 Å². The Hall–Kier alpha value is -2.03. The molecule has 0 saturated heterocycles. The minimum absolute atomic E-state index is 0.622. The molecule has 94 valence electrons. The second-order valence-corrected chi connectivity index (χ2v) is 4.30. The highest BCUT2D eigenvalue weighted by Crippen LogP contribution is 2.12. The van der Waals surface area contributed by atoms with E-state index in [9.17, 15) is 4.79 Å². The molecule has 0 saturated carbocycles. The van der Waals surface area contributed by atoms with Gasteiger partial charge in [-0.3, -0.25) is 4.79 Å². The molecule has 0 aliphatic rings. The van der Waals surface area contributed by atoms with Crippen LogP contribution < -0.4 is 4.74 Å². The number of benzene rings is 1. The van der Waals surface area contributed by atoms with Crippen LogP contribution in [-0.4, -0.2) is 17.5 Å². The average Bonchev–Trinajstić information content (AvgIpc) is 2.71. The summed E-state index contributed by atoms with van der Waals surface area (Å²) in [6.07, 6.45) is 0.830. The molecule has 0 spiro atoms. The third kappa shape index (κ3) is 2.80. The first kappa shape index (κ1) is 12.4. The van der Waals surface area contributed by atoms with Crippen LogP contribution >= 0.6 is 0 Å². The summed E-state index contributed by atoms with van der Waals surface area (Å²) in [6, 6.07) is 11.4. The summed E-state index contributed by atoms with van der Waals surface area (Å²) in [6.45, 7) is 5.63. The maximum absolute atomic E-state index is 10.5. The van der Waals surface area contributed by atoms with E-state index < -0.39 is 0 Å². The van der Waals surface area contributed by atoms with E-state index in [-0.39, 0.29) is 0 Å². The van der Waals surface area contributed by atoms with E-state index in [0.717, 1.165) is 18.6 Å². The predicted octanol–water partition coefficient (Wildman–Crippen LogP) is 3.00. The molecule has 0 unspecified atom stereocenters. The Balaban J connectivity index is 1.90. The van der Waals surface area contributed by atoms with Crippen molar-refractivity contribution < 1.29 is 9.53 Å². The van der Waals surface area contributed by atoms with Gasteiger partial charge in [-0.1, -0.05) is 0 Å². The topological polar surface area (TPSA) is 31.2 Å². The fourth-order valence-corrected chi connectivity index (χ4v) is 1.95. The van der Waals surface area contributed by atoms with Crippen LogP contribution in [0.3, 0.4) is 0 Å². The molecular weight excluding hydrogens is 226 g/mol. The molecule has 18 heavy (non-hydrogen) atoms. The Labute approximate surface area is 107 Å². The van der Waals surface area contributed by atoms with Gasteiger partial charge < -0.3 is 9.30 Å². The third-order valence-corrected chi connectivity index (χ3v) is 3.02. The number of hydrogen-bond acceptors (Lipinski definition) is 2. The van der Waals surface area contributed by atoms with E-state index in [1.165, 1.54) is 11.4 Å². The number of hydrogen-bond donors (Lipinski definition) is 0. The van der Waals surface area contributed by atoms with Crippen LogP contribution in [0.4, 0.5) is 0 Å². The van der Waals surface area contributed by atoms with E-state index in [1.54, 1.807) is 12.1 Å². The van der Waals surface area contributed by atoms with Crippen LogP contribution in [0, 0.1) is 13.8 Å². The molecule has 2 rings (SSSR count). The molecule has 0 bridgehead atoms. The molecule has 0 aliphatic carbocycles. The minimum atomic E-state index is 0.622. The summed E-state index contributed by atoms with van der Waals surface area (Å²) in [7, 11) is 0. The molecular formula is C15H17NO2. The zero-order valence-corrected chi connectivity index (χ0v) is 10.7. The van der Waals surface area contributed by atoms with Gasteiger partial charge in [-0.15, -0.1) is 0 Å². The molecule has 0 atom stereocenters. The number of carbonyl (C=O) groups is 1. The van der Waals surface area contributed by atoms with Gasteiger partial charge in [0.2, 0.25) is 0 Å². The van der Waals surface area contributed by atoms with E-state index >= 15 is 0 Å². The van der Waals surface area contributed by atoms with Crippen LogP contribution in [0.5, 0.6) is 5.75 Å². The summed E-state index contributed by atoms with van der Waals surface area (Å²) in [5.41, 5.74) is 3.15. The van der Waals surface area contributed by atoms with Gasteiger partial charge in [0.1, 0.15) is 18.6 Å². The van der Waals surface area contributed by atoms with Crippen molar-refractivity contribution in [1.82, 2.24) is 4.57 Å². The summed E-state index contributed by atoms with van der Waals surface area (Å²) >= 11 is 0. The summed E-state index contributed by atoms with van der Waals surface area (Å²) in [4.78, 5) is 10.5. The smallest absolute Gasteiger partial charge is 0.150 e. The van der Waals surface area contributed by atoms with Crippen molar-refractivity contribution >= 4 is 6.29 Å². The van der Waals surface area contributed by atoms with Gasteiger partial charge in [-0.2, -0.15) is 0 Å². The minimum Gasteiger partial charge on any atom is -0.492 e. The molecule has 2 aromatic rings. The summed E-state index contributed by atoms with van der Waals surface area (Å²) < 4.78 is 7.87. The highest BCUT2D eigenvalue weighted by molar-refractivity contribution is 5.74. The lowest BCUT2D eigenvalue weighted by atomic mass is 10.2. The van der Waals surface area contributed by atoms with Crippen LogP contribution in [0.15, 0.2) is 36.4 Å². The Morgan fingerprint density at radius 1 is 1.06 bits per heavy atom. The number of nitrogens with zero attached hydrogens (tertiary/aromatic N) is 1. The lowest BCUT2D eigenvalue weighted by Gasteiger charge is -2.10. The van der Waals surface area contributed by atoms with Gasteiger partial charge in [0.25, 0.3) is 0 Å². The lowest BCUT2D eigenvalue weighted by Crippen LogP contribution is -2.10. The highest BCUT2D eigenvalue weighted by atomic mass is 16.5. The van der Waals surface area contributed by atoms with Crippen molar-refractivity contribution in [2.75, 3.05) is 6.61 Å². The number of rotatable bonds is 5. The second kappa shape index (κ2) is 5.54. The molecule has 0 N–H and O–H groups in total. The normalized spacial score (nSPS) is 10.3. The fraction of sp³-hybridized carbons (Fsp3) is 0.267. The first-order chi connectivity index (χ1) is 8.70. The number of aryl methyl sites for hydroxylation is 2. The predicted molar refractivity (Wildman–Crippen MR) is 71.2 cm³/mol. The SMILES string of the molecule is Cc1ccc(C)n1CCOc1ccc(C=O)cc1. The first-order valence-corrected chi connectivity index (χ1v) is 6.01. The van der Waals surface area contributed by atoms with Gasteiger partial charge in [0, 0.05) is 17.0 Å². The Morgan fingerprint density at radius 3 is 2.22 bits per heavy atom. The van der Waals surface area contributed by atoms with Gasteiger partial charge in [0.05, 0.1) is 6.54 Å². The van der Waals surface area contributed by atoms with Crippen LogP contribution in [0.25, 0.3) is 0 Å². The molecule has 1 aromatic heterocycles. The first-order valence-electron chi connectivity index (χ1n) is 6.01. The number of ether oxygens (including phenoxy) is 1. The van der Waals surface area contributed by atoms with Crippen molar-refractivity contribution in [2.45, 2.75) is 20.4 Å². The van der Waals surface area contributed by atoms with Crippen molar-refractivity contribution in [3.8, 4) is 5.75 Å². The quantitative estimate of drug-likeness (QED) is 0.756. The van der Waals surface area contributed by atoms with E-state index in [2.05, 4.69) is 30.5 Å². The molecule has 1 aromatic carbocycles. The van der Waals surface area contributed by atoms with Crippen molar-refractivity contribution in [3.05, 3.63) is 53.3 Å². The Kier molecular flexibility index (Phi) is 3.82. The number of carbonyl (C=O) groups excluding carboxylic acids is 1. The lowest BCUT2D eigenvalue weighted by molar-refractivity contribution is 0.112. The van der Waals surface area contributed by atoms with Gasteiger partial charge >= 0.3 is 0 Å². The Morgan fingerprint density at radius 2 is 1.67 bits per heavy atom. The van der Waals surface area contributed by atoms with Crippen LogP contribution in [0.2, 0.25) is 0 Å². The maximum Gasteiger partial charge on any atom is 0.150 e. The largest absolute Gasteiger partial charge is 0.492 e. The van der Waals surface area contributed by atoms with Gasteiger partial charge in [0.15, 0.2) is 0 Å². The second-order valence-electron chi connectivity index (χ2n) is 4.30. The van der Waals surface area contributed by atoms with E-state index in [0.29, 0.717) is 12.2 Å². The van der Waals surface area contributed by atoms with Crippen LogP contribution in [-0.2, 0) is 6.54 Å². The maximum atomic E-state index is 10.5. The zero-order chi connectivity index (χ0) is 13.0. The zero-order valence-electron chi connectivity index (χ0n) is 10.7. The monoisotopic (exact) mass is 243 g/mol. The molecule has 1 heterocycles. The number of aldehydes is 1. The van der Waals surface area contributed by atoms with E-state index in [1.807, 2.05) is 12.1 Å². The fourth-order valence-electron chi connectivity index (χ4n) is 1.95. The molecule has 0 fully saturated rings. The van der Waals surface area contributed by atoms with Gasteiger partial charge in [-0.05, 0) is 50.2 Å². The van der Waals surface area contributed by atoms with Crippen molar-refractivity contribution in [2.24, 2.45) is 0 Å². The highest BCUT2D eigenvalue weighted by Gasteiger charge is 2.01. The Bertz CT molecular complexity index is 506. The average molecular weight is 243 g/mol. The molecule has 0 radical (unpaired) electrons.